The predicted molar refractivity (Wildman–Crippen MR) is 226 cm³/mol. The molecule has 2 aliphatic carbocycles. The summed E-state index contributed by atoms with van der Waals surface area (Å²) in [6, 6.07) is 56.1. The van der Waals surface area contributed by atoms with Crippen LogP contribution in [0, 0.1) is 0 Å². The fourth-order valence-corrected chi connectivity index (χ4v) is 9.77. The molecule has 9 aromatic rings. The third kappa shape index (κ3) is 4.28. The first-order valence-electron chi connectivity index (χ1n) is 19.0. The monoisotopic (exact) mass is 690 g/mol. The molecule has 0 aliphatic heterocycles. The minimum atomic E-state index is -0.103. The summed E-state index contributed by atoms with van der Waals surface area (Å²) in [5.74, 6) is 0. The molecular formula is C52H38N2. The molecule has 2 nitrogen and oxygen atoms in total. The first-order valence-corrected chi connectivity index (χ1v) is 19.0. The number of nitrogens with zero attached hydrogens (tertiary/aromatic N) is 2. The van der Waals surface area contributed by atoms with Gasteiger partial charge >= 0.3 is 0 Å². The highest BCUT2D eigenvalue weighted by Crippen LogP contribution is 2.53. The van der Waals surface area contributed by atoms with Crippen LogP contribution in [0.4, 0.5) is 0 Å². The van der Waals surface area contributed by atoms with Crippen molar-refractivity contribution in [3.8, 4) is 55.8 Å². The lowest BCUT2D eigenvalue weighted by molar-refractivity contribution is 0.660. The Morgan fingerprint density at radius 2 is 0.852 bits per heavy atom. The maximum atomic E-state index is 5.23. The molecule has 256 valence electrons. The number of hydrogen-bond donors (Lipinski definition) is 0. The Kier molecular flexibility index (Phi) is 6.39. The van der Waals surface area contributed by atoms with Gasteiger partial charge in [-0.2, -0.15) is 0 Å². The van der Waals surface area contributed by atoms with Gasteiger partial charge in [-0.15, -0.1) is 0 Å². The second-order valence-electron chi connectivity index (χ2n) is 16.2. The van der Waals surface area contributed by atoms with Crippen LogP contribution < -0.4 is 0 Å². The quantitative estimate of drug-likeness (QED) is 0.172. The van der Waals surface area contributed by atoms with Gasteiger partial charge < -0.3 is 0 Å². The highest BCUT2D eigenvalue weighted by Gasteiger charge is 2.37. The van der Waals surface area contributed by atoms with E-state index < -0.39 is 0 Å². The predicted octanol–water partition coefficient (Wildman–Crippen LogP) is 13.5. The molecule has 11 rings (SSSR count). The second kappa shape index (κ2) is 11.1. The Balaban J connectivity index is 1.20. The van der Waals surface area contributed by atoms with E-state index in [1.54, 1.807) is 0 Å². The molecule has 0 N–H and O–H groups in total. The van der Waals surface area contributed by atoms with Gasteiger partial charge in [-0.05, 0) is 119 Å². The molecule has 1 aromatic heterocycles. The molecular weight excluding hydrogens is 653 g/mol. The average molecular weight is 691 g/mol. The lowest BCUT2D eigenvalue weighted by Crippen LogP contribution is -2.15. The zero-order valence-corrected chi connectivity index (χ0v) is 30.9. The van der Waals surface area contributed by atoms with Crippen molar-refractivity contribution in [1.29, 1.82) is 0 Å². The van der Waals surface area contributed by atoms with Gasteiger partial charge in [-0.25, -0.2) is 4.98 Å². The molecule has 0 spiro atoms. The van der Waals surface area contributed by atoms with E-state index in [1.165, 1.54) is 88.3 Å². The van der Waals surface area contributed by atoms with E-state index in [9.17, 15) is 0 Å². The van der Waals surface area contributed by atoms with Gasteiger partial charge in [-0.3, -0.25) is 4.98 Å². The van der Waals surface area contributed by atoms with Gasteiger partial charge in [-0.1, -0.05) is 149 Å². The van der Waals surface area contributed by atoms with E-state index in [0.717, 1.165) is 22.3 Å². The number of fused-ring (bicyclic) bond motifs is 9. The zero-order valence-electron chi connectivity index (χ0n) is 30.9. The molecule has 0 atom stereocenters. The molecule has 2 aliphatic rings. The van der Waals surface area contributed by atoms with E-state index in [1.807, 2.05) is 24.4 Å². The van der Waals surface area contributed by atoms with Crippen LogP contribution in [0.25, 0.3) is 88.3 Å². The second-order valence-corrected chi connectivity index (χ2v) is 16.2. The SMILES string of the molecule is CC1(C)c2ccccc2-c2ccc(-c3ccc4c(-c5cnc6ccccc6n5)c5ccccc5c(-c5ccc6c(c5)C(C)(C)c5ccccc5-6)c4c3)cc21. The van der Waals surface area contributed by atoms with Crippen LogP contribution in [-0.2, 0) is 10.8 Å². The maximum Gasteiger partial charge on any atom is 0.0905 e. The third-order valence-electron chi connectivity index (χ3n) is 12.5. The van der Waals surface area contributed by atoms with Crippen LogP contribution in [0.15, 0.2) is 158 Å². The van der Waals surface area contributed by atoms with E-state index in [2.05, 4.69) is 161 Å². The first-order chi connectivity index (χ1) is 26.3. The molecule has 0 fully saturated rings. The van der Waals surface area contributed by atoms with Gasteiger partial charge in [0.2, 0.25) is 0 Å². The lowest BCUT2D eigenvalue weighted by Gasteiger charge is -2.23. The van der Waals surface area contributed by atoms with E-state index in [-0.39, 0.29) is 10.8 Å². The molecule has 0 amide bonds. The first kappa shape index (κ1) is 31.2. The largest absolute Gasteiger partial charge is 0.252 e. The summed E-state index contributed by atoms with van der Waals surface area (Å²) in [4.78, 5) is 10.1. The van der Waals surface area contributed by atoms with Crippen LogP contribution in [0.2, 0.25) is 0 Å². The Morgan fingerprint density at radius 1 is 0.370 bits per heavy atom. The van der Waals surface area contributed by atoms with Gasteiger partial charge in [0.25, 0.3) is 0 Å². The number of rotatable bonds is 3. The Bertz CT molecular complexity index is 3050. The molecule has 0 saturated heterocycles. The molecule has 8 aromatic carbocycles. The van der Waals surface area contributed by atoms with E-state index >= 15 is 0 Å². The lowest BCUT2D eigenvalue weighted by atomic mass is 9.80. The summed E-state index contributed by atoms with van der Waals surface area (Å²) in [5.41, 5.74) is 19.4. The number of benzene rings is 8. The smallest absolute Gasteiger partial charge is 0.0905 e. The number of hydrogen-bond acceptors (Lipinski definition) is 2. The topological polar surface area (TPSA) is 25.8 Å². The van der Waals surface area contributed by atoms with Crippen molar-refractivity contribution in [3.05, 3.63) is 180 Å². The minimum absolute atomic E-state index is 0.0726. The van der Waals surface area contributed by atoms with Crippen LogP contribution >= 0.6 is 0 Å². The van der Waals surface area contributed by atoms with Crippen LogP contribution in [-0.4, -0.2) is 9.97 Å². The summed E-state index contributed by atoms with van der Waals surface area (Å²) < 4.78 is 0. The van der Waals surface area contributed by atoms with Crippen molar-refractivity contribution in [2.45, 2.75) is 38.5 Å². The molecule has 54 heavy (non-hydrogen) atoms. The summed E-state index contributed by atoms with van der Waals surface area (Å²) in [7, 11) is 0. The summed E-state index contributed by atoms with van der Waals surface area (Å²) >= 11 is 0. The van der Waals surface area contributed by atoms with Gasteiger partial charge in [0.1, 0.15) is 0 Å². The van der Waals surface area contributed by atoms with Crippen molar-refractivity contribution < 1.29 is 0 Å². The minimum Gasteiger partial charge on any atom is -0.252 e. The summed E-state index contributed by atoms with van der Waals surface area (Å²) in [5, 5.41) is 4.78. The highest BCUT2D eigenvalue weighted by atomic mass is 14.8. The highest BCUT2D eigenvalue weighted by molar-refractivity contribution is 6.22. The molecule has 0 unspecified atom stereocenters. The van der Waals surface area contributed by atoms with E-state index in [4.69, 9.17) is 9.97 Å². The van der Waals surface area contributed by atoms with Crippen LogP contribution in [0.5, 0.6) is 0 Å². The van der Waals surface area contributed by atoms with Crippen LogP contribution in [0.3, 0.4) is 0 Å². The maximum absolute atomic E-state index is 5.23. The Morgan fingerprint density at radius 3 is 1.54 bits per heavy atom. The van der Waals surface area contributed by atoms with Crippen molar-refractivity contribution >= 4 is 32.6 Å². The molecule has 0 bridgehead atoms. The van der Waals surface area contributed by atoms with Crippen molar-refractivity contribution in [1.82, 2.24) is 9.97 Å². The van der Waals surface area contributed by atoms with Gasteiger partial charge in [0.05, 0.1) is 22.9 Å². The fraction of sp³-hybridized carbons (Fsp3) is 0.115. The Hall–Kier alpha value is -6.38. The molecule has 0 radical (unpaired) electrons. The summed E-state index contributed by atoms with van der Waals surface area (Å²) in [6.07, 6.45) is 1.95. The number of aromatic nitrogens is 2. The van der Waals surface area contributed by atoms with Crippen molar-refractivity contribution in [2.75, 3.05) is 0 Å². The normalized spacial score (nSPS) is 14.6. The zero-order chi connectivity index (χ0) is 36.3. The average Bonchev–Trinajstić information content (AvgIpc) is 3.58. The standard InChI is InChI=1S/C52H38N2/c1-51(2)42-17-9-7-13-34(42)36-24-21-32(28-44(36)51)31-22-26-40-41(27-31)49(33-23-25-37-35-14-8-10-18-43(35)52(3,4)45(37)29-33)38-15-5-6-16-39(38)50(40)48-30-53-46-19-11-12-20-47(46)54-48/h5-30H,1-4H3. The fourth-order valence-electron chi connectivity index (χ4n) is 9.77. The van der Waals surface area contributed by atoms with Crippen LogP contribution in [0.1, 0.15) is 49.9 Å². The van der Waals surface area contributed by atoms with Crippen molar-refractivity contribution in [2.24, 2.45) is 0 Å². The van der Waals surface area contributed by atoms with Gasteiger partial charge in [0, 0.05) is 16.4 Å². The van der Waals surface area contributed by atoms with Gasteiger partial charge in [0.15, 0.2) is 0 Å². The molecule has 2 heteroatoms. The molecule has 1 heterocycles. The molecule has 0 saturated carbocycles. The third-order valence-corrected chi connectivity index (χ3v) is 12.5. The van der Waals surface area contributed by atoms with Crippen molar-refractivity contribution in [3.63, 3.8) is 0 Å². The number of para-hydroxylation sites is 2. The summed E-state index contributed by atoms with van der Waals surface area (Å²) in [6.45, 7) is 9.45. The van der Waals surface area contributed by atoms with E-state index in [0.29, 0.717) is 0 Å². The Labute approximate surface area is 315 Å².